The zero-order chi connectivity index (χ0) is 20.8. The molecule has 0 aliphatic heterocycles. The minimum absolute atomic E-state index is 0.0141. The van der Waals surface area contributed by atoms with Crippen LogP contribution in [0.2, 0.25) is 0 Å². The minimum Gasteiger partial charge on any atom is -0.354 e. The molecule has 0 atom stereocenters. The summed E-state index contributed by atoms with van der Waals surface area (Å²) in [5.74, 6) is -0.384. The Balaban J connectivity index is 1.29. The molecule has 1 aromatic heterocycles. The number of hydrogen-bond acceptors (Lipinski definition) is 3. The Morgan fingerprint density at radius 1 is 0.833 bits per heavy atom. The van der Waals surface area contributed by atoms with Crippen molar-refractivity contribution < 1.29 is 9.59 Å². The Morgan fingerprint density at radius 2 is 1.53 bits per heavy atom. The summed E-state index contributed by atoms with van der Waals surface area (Å²) in [5, 5.41) is 7.87. The van der Waals surface area contributed by atoms with Gasteiger partial charge in [-0.2, -0.15) is 0 Å². The number of hydrogen-bond donors (Lipinski definition) is 2. The van der Waals surface area contributed by atoms with E-state index >= 15 is 0 Å². The van der Waals surface area contributed by atoms with Crippen LogP contribution in [0.25, 0.3) is 11.1 Å². The topological polar surface area (TPSA) is 58.2 Å². The number of carbonyl (C=O) groups excluding carboxylic acids is 2. The van der Waals surface area contributed by atoms with E-state index in [4.69, 9.17) is 0 Å². The molecule has 1 fully saturated rings. The maximum absolute atomic E-state index is 12.4. The van der Waals surface area contributed by atoms with E-state index in [0.717, 1.165) is 24.0 Å². The Kier molecular flexibility index (Phi) is 6.29. The van der Waals surface area contributed by atoms with Crippen LogP contribution in [0.15, 0.2) is 72.1 Å². The summed E-state index contributed by atoms with van der Waals surface area (Å²) in [5.41, 5.74) is 2.77. The summed E-state index contributed by atoms with van der Waals surface area (Å²) in [6.45, 7) is 0.619. The zero-order valence-electron chi connectivity index (χ0n) is 16.9. The highest BCUT2D eigenvalue weighted by Gasteiger charge is 2.36. The summed E-state index contributed by atoms with van der Waals surface area (Å²) in [6, 6.07) is 21.7. The van der Waals surface area contributed by atoms with Crippen molar-refractivity contribution in [2.45, 2.75) is 31.1 Å². The molecule has 1 saturated carbocycles. The van der Waals surface area contributed by atoms with Gasteiger partial charge in [0.25, 0.3) is 5.91 Å². The smallest absolute Gasteiger partial charge is 0.251 e. The van der Waals surface area contributed by atoms with E-state index in [-0.39, 0.29) is 23.8 Å². The van der Waals surface area contributed by atoms with Gasteiger partial charge in [0.2, 0.25) is 5.91 Å². The van der Waals surface area contributed by atoms with E-state index in [9.17, 15) is 9.59 Å². The first-order chi connectivity index (χ1) is 14.7. The molecule has 1 aliphatic rings. The highest BCUT2D eigenvalue weighted by atomic mass is 32.1. The second kappa shape index (κ2) is 9.26. The Morgan fingerprint density at radius 3 is 2.20 bits per heavy atom. The normalized spacial score (nSPS) is 14.9. The Bertz CT molecular complexity index is 976. The van der Waals surface area contributed by atoms with Gasteiger partial charge in [-0.05, 0) is 47.5 Å². The first-order valence-corrected chi connectivity index (χ1v) is 11.3. The molecule has 154 valence electrons. The highest BCUT2D eigenvalue weighted by molar-refractivity contribution is 7.10. The Labute approximate surface area is 181 Å². The van der Waals surface area contributed by atoms with Gasteiger partial charge < -0.3 is 10.6 Å². The van der Waals surface area contributed by atoms with Gasteiger partial charge in [0.1, 0.15) is 0 Å². The van der Waals surface area contributed by atoms with Gasteiger partial charge >= 0.3 is 0 Å². The molecule has 2 amide bonds. The maximum Gasteiger partial charge on any atom is 0.251 e. The number of nitrogens with one attached hydrogen (secondary N) is 2. The standard InChI is InChI=1S/C25H26N2O2S/c28-23(27-18-25(14-4-5-15-25)22-9-6-16-30-22)17-26-24(29)21-12-10-20(11-13-21)19-7-2-1-3-8-19/h1-3,6-13,16H,4-5,14-15,17-18H2,(H,26,29)(H,27,28). The molecule has 1 aliphatic carbocycles. The lowest BCUT2D eigenvalue weighted by molar-refractivity contribution is -0.120. The second-order valence-electron chi connectivity index (χ2n) is 7.87. The molecular formula is C25H26N2O2S. The van der Waals surface area contributed by atoms with Crippen molar-refractivity contribution in [1.29, 1.82) is 0 Å². The number of rotatable bonds is 7. The summed E-state index contributed by atoms with van der Waals surface area (Å²) in [6.07, 6.45) is 4.61. The van der Waals surface area contributed by atoms with E-state index in [1.165, 1.54) is 17.7 Å². The van der Waals surface area contributed by atoms with Gasteiger partial charge in [-0.1, -0.05) is 61.4 Å². The largest absolute Gasteiger partial charge is 0.354 e. The second-order valence-corrected chi connectivity index (χ2v) is 8.82. The van der Waals surface area contributed by atoms with E-state index < -0.39 is 0 Å². The molecule has 5 heteroatoms. The molecule has 30 heavy (non-hydrogen) atoms. The molecule has 0 bridgehead atoms. The maximum atomic E-state index is 12.4. The van der Waals surface area contributed by atoms with Crippen LogP contribution >= 0.6 is 11.3 Å². The fourth-order valence-electron chi connectivity index (χ4n) is 4.18. The van der Waals surface area contributed by atoms with Crippen LogP contribution in [0, 0.1) is 0 Å². The van der Waals surface area contributed by atoms with Crippen molar-refractivity contribution in [2.24, 2.45) is 0 Å². The predicted molar refractivity (Wildman–Crippen MR) is 122 cm³/mol. The van der Waals surface area contributed by atoms with E-state index in [2.05, 4.69) is 28.1 Å². The van der Waals surface area contributed by atoms with Crippen LogP contribution in [-0.2, 0) is 10.2 Å². The third kappa shape index (κ3) is 4.62. The molecule has 0 unspecified atom stereocenters. The molecule has 4 rings (SSSR count). The van der Waals surface area contributed by atoms with Crippen molar-refractivity contribution in [3.8, 4) is 11.1 Å². The summed E-state index contributed by atoms with van der Waals surface area (Å²) in [4.78, 5) is 26.1. The third-order valence-electron chi connectivity index (χ3n) is 5.89. The molecule has 1 heterocycles. The number of amides is 2. The molecule has 0 spiro atoms. The molecule has 2 aromatic carbocycles. The average molecular weight is 419 g/mol. The van der Waals surface area contributed by atoms with Crippen LogP contribution in [0.1, 0.15) is 40.9 Å². The SMILES string of the molecule is O=C(CNC(=O)c1ccc(-c2ccccc2)cc1)NCC1(c2cccs2)CCCC1. The minimum atomic E-state index is -0.237. The number of benzene rings is 2. The van der Waals surface area contributed by atoms with Crippen LogP contribution in [-0.4, -0.2) is 24.9 Å². The van der Waals surface area contributed by atoms with Crippen molar-refractivity contribution in [1.82, 2.24) is 10.6 Å². The van der Waals surface area contributed by atoms with Gasteiger partial charge in [0.15, 0.2) is 0 Å². The molecular weight excluding hydrogens is 392 g/mol. The summed E-state index contributed by atoms with van der Waals surface area (Å²) < 4.78 is 0. The van der Waals surface area contributed by atoms with Gasteiger partial charge in [-0.25, -0.2) is 0 Å². The average Bonchev–Trinajstić information content (AvgIpc) is 3.50. The number of carbonyl (C=O) groups is 2. The van der Waals surface area contributed by atoms with Crippen molar-refractivity contribution in [2.75, 3.05) is 13.1 Å². The van der Waals surface area contributed by atoms with E-state index in [0.29, 0.717) is 12.1 Å². The molecule has 2 N–H and O–H groups in total. The zero-order valence-corrected chi connectivity index (χ0v) is 17.7. The lowest BCUT2D eigenvalue weighted by Crippen LogP contribution is -2.43. The molecule has 3 aromatic rings. The monoisotopic (exact) mass is 418 g/mol. The number of thiophene rings is 1. The summed E-state index contributed by atoms with van der Waals surface area (Å²) in [7, 11) is 0. The van der Waals surface area contributed by atoms with Crippen molar-refractivity contribution >= 4 is 23.2 Å². The quantitative estimate of drug-likeness (QED) is 0.580. The van der Waals surface area contributed by atoms with Gasteiger partial charge in [0.05, 0.1) is 6.54 Å². The Hall–Kier alpha value is -2.92. The van der Waals surface area contributed by atoms with E-state index in [1.54, 1.807) is 23.5 Å². The molecule has 4 nitrogen and oxygen atoms in total. The van der Waals surface area contributed by atoms with Crippen molar-refractivity contribution in [3.05, 3.63) is 82.6 Å². The van der Waals surface area contributed by atoms with Gasteiger partial charge in [-0.3, -0.25) is 9.59 Å². The first kappa shape index (κ1) is 20.4. The molecule has 0 saturated heterocycles. The predicted octanol–water partition coefficient (Wildman–Crippen LogP) is 4.77. The van der Waals surface area contributed by atoms with E-state index in [1.807, 2.05) is 42.5 Å². The lowest BCUT2D eigenvalue weighted by atomic mass is 9.84. The third-order valence-corrected chi connectivity index (χ3v) is 7.01. The van der Waals surface area contributed by atoms with Gasteiger partial charge in [-0.15, -0.1) is 11.3 Å². The fraction of sp³-hybridized carbons (Fsp3) is 0.280. The van der Waals surface area contributed by atoms with Crippen LogP contribution in [0.4, 0.5) is 0 Å². The fourth-order valence-corrected chi connectivity index (χ4v) is 5.17. The van der Waals surface area contributed by atoms with Crippen LogP contribution in [0.5, 0.6) is 0 Å². The van der Waals surface area contributed by atoms with Crippen molar-refractivity contribution in [3.63, 3.8) is 0 Å². The first-order valence-electron chi connectivity index (χ1n) is 10.4. The highest BCUT2D eigenvalue weighted by Crippen LogP contribution is 2.42. The lowest BCUT2D eigenvalue weighted by Gasteiger charge is -2.28. The molecule has 0 radical (unpaired) electrons. The van der Waals surface area contributed by atoms with Crippen LogP contribution in [0.3, 0.4) is 0 Å². The summed E-state index contributed by atoms with van der Waals surface area (Å²) >= 11 is 1.76. The van der Waals surface area contributed by atoms with Crippen LogP contribution < -0.4 is 10.6 Å². The van der Waals surface area contributed by atoms with Gasteiger partial charge in [0, 0.05) is 22.4 Å².